The lowest BCUT2D eigenvalue weighted by atomic mass is 9.94. The number of anilines is 1. The van der Waals surface area contributed by atoms with Gasteiger partial charge in [-0.05, 0) is 75.8 Å². The Morgan fingerprint density at radius 3 is 2.56 bits per heavy atom. The predicted molar refractivity (Wildman–Crippen MR) is 170 cm³/mol. The molecule has 1 aliphatic heterocycles. The Morgan fingerprint density at radius 2 is 1.84 bits per heavy atom. The summed E-state index contributed by atoms with van der Waals surface area (Å²) in [6, 6.07) is 11.3. The fraction of sp³-hybridized carbons (Fsp3) is 0.455. The molecule has 240 valence electrons. The number of carbonyl (C=O) groups is 2. The smallest absolute Gasteiger partial charge is 0.338 e. The maximum Gasteiger partial charge on any atom is 0.338 e. The van der Waals surface area contributed by atoms with Crippen molar-refractivity contribution in [1.82, 2.24) is 19.7 Å². The van der Waals surface area contributed by atoms with Gasteiger partial charge in [-0.3, -0.25) is 4.79 Å². The largest absolute Gasteiger partial charge is 0.493 e. The van der Waals surface area contributed by atoms with Crippen LogP contribution in [-0.4, -0.2) is 64.5 Å². The lowest BCUT2D eigenvalue weighted by Gasteiger charge is -2.30. The molecule has 1 N–H and O–H groups in total. The Balaban J connectivity index is 1.46. The van der Waals surface area contributed by atoms with Crippen molar-refractivity contribution in [3.05, 3.63) is 70.7 Å². The normalized spacial score (nSPS) is 16.5. The molecule has 1 saturated carbocycles. The second-order valence-corrected chi connectivity index (χ2v) is 12.0. The first-order chi connectivity index (χ1) is 21.8. The maximum atomic E-state index is 14.3. The van der Waals surface area contributed by atoms with Crippen LogP contribution in [0, 0.1) is 5.82 Å². The molecule has 10 nitrogen and oxygen atoms in total. The van der Waals surface area contributed by atoms with E-state index in [0.717, 1.165) is 32.1 Å². The van der Waals surface area contributed by atoms with Crippen LogP contribution in [0.15, 0.2) is 58.9 Å². The van der Waals surface area contributed by atoms with Crippen molar-refractivity contribution in [3.8, 4) is 11.5 Å². The van der Waals surface area contributed by atoms with Gasteiger partial charge in [0.15, 0.2) is 18.1 Å². The summed E-state index contributed by atoms with van der Waals surface area (Å²) >= 11 is 1.30. The second kappa shape index (κ2) is 14.8. The standard InChI is InChI=1S/C33H40FN5O5S/c1-5-38(6-2)28(40)19-43-26-17-16-22(18-27(26)42-4)30-29(31(41)44-24-13-8-7-9-14-24)21(3)35-32-36-33(37-39(30)32)45-20-23-12-10-11-15-25(23)34/h10-12,15-18,24,30H,5-9,13-14,19-20H2,1-4H3,(H,35,36,37). The van der Waals surface area contributed by atoms with Gasteiger partial charge < -0.3 is 24.4 Å². The number of esters is 1. The number of thioether (sulfide) groups is 1. The number of likely N-dealkylation sites (N-methyl/N-ethyl adjacent to an activating group) is 1. The number of rotatable bonds is 12. The van der Waals surface area contributed by atoms with Crippen molar-refractivity contribution in [2.24, 2.45) is 0 Å². The second-order valence-electron chi connectivity index (χ2n) is 11.0. The first kappa shape index (κ1) is 32.3. The van der Waals surface area contributed by atoms with Crippen LogP contribution in [0.2, 0.25) is 0 Å². The average Bonchev–Trinajstić information content (AvgIpc) is 3.46. The average molecular weight is 638 g/mol. The maximum absolute atomic E-state index is 14.3. The Bertz CT molecular complexity index is 1550. The van der Waals surface area contributed by atoms with E-state index in [9.17, 15) is 14.0 Å². The highest BCUT2D eigenvalue weighted by Gasteiger charge is 2.37. The third kappa shape index (κ3) is 7.43. The molecule has 0 bridgehead atoms. The van der Waals surface area contributed by atoms with E-state index < -0.39 is 12.0 Å². The van der Waals surface area contributed by atoms with Gasteiger partial charge in [-0.25, -0.2) is 13.9 Å². The lowest BCUT2D eigenvalue weighted by Crippen LogP contribution is -2.34. The number of benzene rings is 2. The first-order valence-corrected chi connectivity index (χ1v) is 16.4. The van der Waals surface area contributed by atoms with Gasteiger partial charge in [-0.15, -0.1) is 5.10 Å². The number of carbonyl (C=O) groups excluding carboxylic acids is 2. The fourth-order valence-corrected chi connectivity index (χ4v) is 6.52. The number of allylic oxidation sites excluding steroid dienone is 1. The molecule has 12 heteroatoms. The minimum Gasteiger partial charge on any atom is -0.493 e. The molecule has 1 aliphatic carbocycles. The first-order valence-electron chi connectivity index (χ1n) is 15.4. The molecule has 1 unspecified atom stereocenters. The molecule has 45 heavy (non-hydrogen) atoms. The molecule has 2 aliphatic rings. The highest BCUT2D eigenvalue weighted by atomic mass is 32.2. The van der Waals surface area contributed by atoms with Crippen LogP contribution >= 0.6 is 11.8 Å². The van der Waals surface area contributed by atoms with Crippen molar-refractivity contribution in [3.63, 3.8) is 0 Å². The van der Waals surface area contributed by atoms with E-state index in [2.05, 4.69) is 10.3 Å². The van der Waals surface area contributed by atoms with Crippen LogP contribution in [0.1, 0.15) is 70.0 Å². The highest BCUT2D eigenvalue weighted by Crippen LogP contribution is 2.40. The molecule has 0 saturated heterocycles. The van der Waals surface area contributed by atoms with Crippen LogP contribution in [0.4, 0.5) is 10.3 Å². The van der Waals surface area contributed by atoms with Crippen molar-refractivity contribution in [2.75, 3.05) is 32.1 Å². The Labute approximate surface area is 267 Å². The minimum absolute atomic E-state index is 0.122. The molecule has 2 heterocycles. The summed E-state index contributed by atoms with van der Waals surface area (Å²) in [4.78, 5) is 32.8. The summed E-state index contributed by atoms with van der Waals surface area (Å²) in [5.41, 5.74) is 2.26. The van der Waals surface area contributed by atoms with Gasteiger partial charge >= 0.3 is 5.97 Å². The van der Waals surface area contributed by atoms with Crippen molar-refractivity contribution in [2.45, 2.75) is 75.9 Å². The minimum atomic E-state index is -0.687. The Morgan fingerprint density at radius 1 is 1.09 bits per heavy atom. The molecule has 0 radical (unpaired) electrons. The van der Waals surface area contributed by atoms with Gasteiger partial charge in [0.2, 0.25) is 11.1 Å². The third-order valence-electron chi connectivity index (χ3n) is 8.16. The number of hydrogen-bond acceptors (Lipinski definition) is 9. The molecule has 1 amide bonds. The lowest BCUT2D eigenvalue weighted by molar-refractivity contribution is -0.146. The van der Waals surface area contributed by atoms with Gasteiger partial charge in [0.1, 0.15) is 18.0 Å². The molecule has 3 aromatic rings. The predicted octanol–water partition coefficient (Wildman–Crippen LogP) is 6.13. The molecule has 5 rings (SSSR count). The van der Waals surface area contributed by atoms with Gasteiger partial charge in [-0.2, -0.15) is 4.98 Å². The molecule has 2 aromatic carbocycles. The fourth-order valence-electron chi connectivity index (χ4n) is 5.70. The Hall–Kier alpha value is -4.06. The van der Waals surface area contributed by atoms with Crippen LogP contribution < -0.4 is 14.8 Å². The SMILES string of the molecule is CCN(CC)C(=O)COc1ccc(C2C(C(=O)OC3CCCCC3)=C(C)Nc3nc(SCc4ccccc4F)nn32)cc1OC. The summed E-state index contributed by atoms with van der Waals surface area (Å²) in [7, 11) is 1.53. The van der Waals surface area contributed by atoms with E-state index >= 15 is 0 Å². The van der Waals surface area contributed by atoms with Crippen molar-refractivity contribution in [1.29, 1.82) is 0 Å². The van der Waals surface area contributed by atoms with E-state index in [0.29, 0.717) is 63.8 Å². The van der Waals surface area contributed by atoms with E-state index in [1.807, 2.05) is 26.8 Å². The number of hydrogen-bond donors (Lipinski definition) is 1. The quantitative estimate of drug-likeness (QED) is 0.185. The topological polar surface area (TPSA) is 108 Å². The number of nitrogens with one attached hydrogen (secondary N) is 1. The molecular weight excluding hydrogens is 597 g/mol. The summed E-state index contributed by atoms with van der Waals surface area (Å²) in [5, 5.41) is 8.43. The number of methoxy groups -OCH3 is 1. The number of amides is 1. The van der Waals surface area contributed by atoms with Crippen LogP contribution in [0.3, 0.4) is 0 Å². The van der Waals surface area contributed by atoms with E-state index in [1.165, 1.54) is 24.9 Å². The zero-order chi connectivity index (χ0) is 31.9. The monoisotopic (exact) mass is 637 g/mol. The van der Waals surface area contributed by atoms with Gasteiger partial charge in [0, 0.05) is 24.5 Å². The number of nitrogens with zero attached hydrogens (tertiary/aromatic N) is 4. The molecule has 0 spiro atoms. The number of aromatic nitrogens is 3. The third-order valence-corrected chi connectivity index (χ3v) is 9.05. The van der Waals surface area contributed by atoms with E-state index in [-0.39, 0.29) is 24.4 Å². The van der Waals surface area contributed by atoms with E-state index in [4.69, 9.17) is 19.3 Å². The summed E-state index contributed by atoms with van der Waals surface area (Å²) in [5.74, 6) is 0.784. The van der Waals surface area contributed by atoms with Crippen LogP contribution in [0.5, 0.6) is 11.5 Å². The molecular formula is C33H40FN5O5S. The van der Waals surface area contributed by atoms with Crippen LogP contribution in [0.25, 0.3) is 0 Å². The summed E-state index contributed by atoms with van der Waals surface area (Å²) in [6.07, 6.45) is 4.75. The zero-order valence-corrected chi connectivity index (χ0v) is 27.0. The summed E-state index contributed by atoms with van der Waals surface area (Å²) in [6.45, 7) is 6.73. The number of fused-ring (bicyclic) bond motifs is 1. The van der Waals surface area contributed by atoms with Gasteiger partial charge in [0.25, 0.3) is 5.91 Å². The number of halogens is 1. The zero-order valence-electron chi connectivity index (χ0n) is 26.2. The Kier molecular flexibility index (Phi) is 10.6. The molecule has 1 fully saturated rings. The number of ether oxygens (including phenoxy) is 3. The summed E-state index contributed by atoms with van der Waals surface area (Å²) < 4.78 is 33.5. The molecule has 1 atom stereocenters. The van der Waals surface area contributed by atoms with E-state index in [1.54, 1.807) is 39.9 Å². The van der Waals surface area contributed by atoms with Gasteiger partial charge in [-0.1, -0.05) is 42.4 Å². The highest BCUT2D eigenvalue weighted by molar-refractivity contribution is 7.98. The van der Waals surface area contributed by atoms with Crippen molar-refractivity contribution >= 4 is 29.6 Å². The van der Waals surface area contributed by atoms with Gasteiger partial charge in [0.05, 0.1) is 12.7 Å². The van der Waals surface area contributed by atoms with Crippen LogP contribution in [-0.2, 0) is 20.1 Å². The molecule has 1 aromatic heterocycles. The van der Waals surface area contributed by atoms with Crippen molar-refractivity contribution < 1.29 is 28.2 Å².